The number of amides is 1. The van der Waals surface area contributed by atoms with Crippen molar-refractivity contribution in [3.8, 4) is 17.2 Å². The number of hydrogen-bond acceptors (Lipinski definition) is 6. The van der Waals surface area contributed by atoms with Gasteiger partial charge in [-0.05, 0) is 35.7 Å². The van der Waals surface area contributed by atoms with Crippen molar-refractivity contribution in [2.75, 3.05) is 18.6 Å². The Bertz CT molecular complexity index is 842. The lowest BCUT2D eigenvalue weighted by molar-refractivity contribution is -0.117. The van der Waals surface area contributed by atoms with Crippen LogP contribution in [-0.2, 0) is 4.79 Å². The molecule has 1 saturated heterocycles. The lowest BCUT2D eigenvalue weighted by Gasteiger charge is -2.16. The number of carbonyl (C=O) groups excluding carboxylic acids is 1. The van der Waals surface area contributed by atoms with Gasteiger partial charge in [-0.25, -0.2) is 0 Å². The number of hydrogen-bond donors (Lipinski definition) is 0. The number of anilines is 1. The zero-order chi connectivity index (χ0) is 16.5. The number of benzene rings is 1. The summed E-state index contributed by atoms with van der Waals surface area (Å²) in [5, 5.41) is 7.98. The van der Waals surface area contributed by atoms with Crippen molar-refractivity contribution in [3.63, 3.8) is 0 Å². The average molecular weight is 341 g/mol. The fourth-order valence-electron chi connectivity index (χ4n) is 2.80. The zero-order valence-electron chi connectivity index (χ0n) is 13.0. The Morgan fingerprint density at radius 1 is 1.29 bits per heavy atom. The van der Waals surface area contributed by atoms with Crippen molar-refractivity contribution in [1.82, 2.24) is 10.1 Å². The number of aromatic nitrogens is 2. The number of carbonyl (C=O) groups is 1. The summed E-state index contributed by atoms with van der Waals surface area (Å²) in [6.45, 7) is 0.549. The monoisotopic (exact) mass is 341 g/mol. The van der Waals surface area contributed by atoms with E-state index in [1.165, 1.54) is 0 Å². The quantitative estimate of drug-likeness (QED) is 0.728. The van der Waals surface area contributed by atoms with Crippen LogP contribution in [0, 0.1) is 0 Å². The summed E-state index contributed by atoms with van der Waals surface area (Å²) in [6.07, 6.45) is 0.384. The van der Waals surface area contributed by atoms with Crippen LogP contribution in [-0.4, -0.2) is 29.7 Å². The predicted molar refractivity (Wildman–Crippen MR) is 90.3 cm³/mol. The third-order valence-corrected chi connectivity index (χ3v) is 4.77. The smallest absolute Gasteiger partial charge is 0.258 e. The summed E-state index contributed by atoms with van der Waals surface area (Å²) in [5.74, 6) is 1.85. The second kappa shape index (κ2) is 6.09. The third kappa shape index (κ3) is 2.67. The summed E-state index contributed by atoms with van der Waals surface area (Å²) < 4.78 is 10.5. The van der Waals surface area contributed by atoms with Crippen molar-refractivity contribution in [3.05, 3.63) is 46.9 Å². The van der Waals surface area contributed by atoms with Crippen molar-refractivity contribution < 1.29 is 14.1 Å². The van der Waals surface area contributed by atoms with Gasteiger partial charge in [-0.3, -0.25) is 4.79 Å². The van der Waals surface area contributed by atoms with Gasteiger partial charge in [0, 0.05) is 30.0 Å². The summed E-state index contributed by atoms with van der Waals surface area (Å²) >= 11 is 1.58. The van der Waals surface area contributed by atoms with Gasteiger partial charge in [-0.2, -0.15) is 16.3 Å². The molecular weight excluding hydrogens is 326 g/mol. The van der Waals surface area contributed by atoms with E-state index in [0.29, 0.717) is 24.7 Å². The maximum atomic E-state index is 12.4. The van der Waals surface area contributed by atoms with Gasteiger partial charge in [0.2, 0.25) is 5.91 Å². The van der Waals surface area contributed by atoms with Crippen LogP contribution < -0.4 is 9.64 Å². The van der Waals surface area contributed by atoms with E-state index >= 15 is 0 Å². The van der Waals surface area contributed by atoms with E-state index in [-0.39, 0.29) is 11.8 Å². The first-order valence-electron chi connectivity index (χ1n) is 7.55. The topological polar surface area (TPSA) is 68.5 Å². The van der Waals surface area contributed by atoms with Gasteiger partial charge < -0.3 is 14.2 Å². The van der Waals surface area contributed by atoms with E-state index < -0.39 is 0 Å². The number of ether oxygens (including phenoxy) is 1. The third-order valence-electron chi connectivity index (χ3n) is 4.08. The molecule has 3 aromatic rings. The zero-order valence-corrected chi connectivity index (χ0v) is 13.8. The maximum absolute atomic E-state index is 12.4. The summed E-state index contributed by atoms with van der Waals surface area (Å²) in [4.78, 5) is 18.6. The average Bonchev–Trinajstić information content (AvgIpc) is 3.34. The highest BCUT2D eigenvalue weighted by Gasteiger charge is 2.34. The minimum absolute atomic E-state index is 0.0595. The first kappa shape index (κ1) is 14.9. The Morgan fingerprint density at radius 3 is 2.83 bits per heavy atom. The Kier molecular flexibility index (Phi) is 3.78. The van der Waals surface area contributed by atoms with Gasteiger partial charge in [0.05, 0.1) is 12.7 Å². The highest BCUT2D eigenvalue weighted by Crippen LogP contribution is 2.32. The molecule has 0 unspecified atom stereocenters. The molecule has 4 rings (SSSR count). The normalized spacial score (nSPS) is 17.5. The van der Waals surface area contributed by atoms with Crippen molar-refractivity contribution in [2.45, 2.75) is 12.3 Å². The molecule has 0 N–H and O–H groups in total. The predicted octanol–water partition coefficient (Wildman–Crippen LogP) is 3.33. The van der Waals surface area contributed by atoms with Crippen LogP contribution in [0.15, 0.2) is 45.6 Å². The molecular formula is C17H15N3O3S. The first-order valence-corrected chi connectivity index (χ1v) is 8.49. The standard InChI is InChI=1S/C17H15N3O3S/c1-22-14-4-2-13(3-5-14)20-9-12(8-15(20)21)16-18-17(23-19-16)11-6-7-24-10-11/h2-7,10,12H,8-9H2,1H3/t12-/m0/s1. The fraction of sp³-hybridized carbons (Fsp3) is 0.235. The lowest BCUT2D eigenvalue weighted by Crippen LogP contribution is -2.24. The summed E-state index contributed by atoms with van der Waals surface area (Å²) in [6, 6.07) is 9.39. The van der Waals surface area contributed by atoms with Gasteiger partial charge in [-0.1, -0.05) is 5.16 Å². The molecule has 6 nitrogen and oxygen atoms in total. The van der Waals surface area contributed by atoms with Crippen molar-refractivity contribution in [2.24, 2.45) is 0 Å². The van der Waals surface area contributed by atoms with E-state index in [4.69, 9.17) is 9.26 Å². The van der Waals surface area contributed by atoms with Crippen LogP contribution in [0.3, 0.4) is 0 Å². The number of rotatable bonds is 4. The SMILES string of the molecule is COc1ccc(N2C[C@@H](c3noc(-c4ccsc4)n3)CC2=O)cc1. The molecule has 122 valence electrons. The fourth-order valence-corrected chi connectivity index (χ4v) is 3.43. The van der Waals surface area contributed by atoms with Crippen LogP contribution in [0.5, 0.6) is 5.75 Å². The molecule has 24 heavy (non-hydrogen) atoms. The molecule has 7 heteroatoms. The van der Waals surface area contributed by atoms with Gasteiger partial charge in [0.1, 0.15) is 5.75 Å². The van der Waals surface area contributed by atoms with E-state index in [2.05, 4.69) is 10.1 Å². The maximum Gasteiger partial charge on any atom is 0.258 e. The second-order valence-electron chi connectivity index (χ2n) is 5.57. The van der Waals surface area contributed by atoms with Gasteiger partial charge in [0.15, 0.2) is 5.82 Å². The molecule has 0 saturated carbocycles. The number of methoxy groups -OCH3 is 1. The Morgan fingerprint density at radius 2 is 2.12 bits per heavy atom. The molecule has 3 heterocycles. The highest BCUT2D eigenvalue weighted by atomic mass is 32.1. The first-order chi connectivity index (χ1) is 11.7. The van der Waals surface area contributed by atoms with E-state index in [1.54, 1.807) is 23.3 Å². The summed E-state index contributed by atoms with van der Waals surface area (Å²) in [7, 11) is 1.62. The Balaban J connectivity index is 1.53. The molecule has 1 atom stereocenters. The molecule has 1 aliphatic heterocycles. The molecule has 1 fully saturated rings. The molecule has 0 aliphatic carbocycles. The van der Waals surface area contributed by atoms with Gasteiger partial charge in [-0.15, -0.1) is 0 Å². The van der Waals surface area contributed by atoms with Crippen molar-refractivity contribution >= 4 is 22.9 Å². The number of thiophene rings is 1. The Hall–Kier alpha value is -2.67. The number of nitrogens with zero attached hydrogens (tertiary/aromatic N) is 3. The molecule has 1 amide bonds. The van der Waals surface area contributed by atoms with Crippen LogP contribution in [0.4, 0.5) is 5.69 Å². The Labute approximate surface area is 142 Å². The summed E-state index contributed by atoms with van der Waals surface area (Å²) in [5.41, 5.74) is 1.76. The molecule has 0 spiro atoms. The highest BCUT2D eigenvalue weighted by molar-refractivity contribution is 7.08. The molecule has 0 bridgehead atoms. The van der Waals surface area contributed by atoms with Gasteiger partial charge in [0.25, 0.3) is 5.89 Å². The molecule has 2 aromatic heterocycles. The molecule has 1 aromatic carbocycles. The van der Waals surface area contributed by atoms with Gasteiger partial charge >= 0.3 is 0 Å². The molecule has 1 aliphatic rings. The largest absolute Gasteiger partial charge is 0.497 e. The minimum Gasteiger partial charge on any atom is -0.497 e. The van der Waals surface area contributed by atoms with Crippen LogP contribution in [0.1, 0.15) is 18.2 Å². The van der Waals surface area contributed by atoms with E-state index in [1.807, 2.05) is 41.1 Å². The second-order valence-corrected chi connectivity index (χ2v) is 6.35. The van der Waals surface area contributed by atoms with E-state index in [9.17, 15) is 4.79 Å². The van der Waals surface area contributed by atoms with E-state index in [0.717, 1.165) is 17.0 Å². The van der Waals surface area contributed by atoms with Crippen LogP contribution in [0.25, 0.3) is 11.5 Å². The minimum atomic E-state index is -0.0595. The van der Waals surface area contributed by atoms with Crippen molar-refractivity contribution in [1.29, 1.82) is 0 Å². The molecule has 0 radical (unpaired) electrons. The van der Waals surface area contributed by atoms with Crippen LogP contribution in [0.2, 0.25) is 0 Å². The van der Waals surface area contributed by atoms with Crippen LogP contribution >= 0.6 is 11.3 Å². The lowest BCUT2D eigenvalue weighted by atomic mass is 10.1.